The van der Waals surface area contributed by atoms with Crippen molar-refractivity contribution in [2.24, 2.45) is 5.41 Å². The maximum atomic E-state index is 12.1. The van der Waals surface area contributed by atoms with Crippen molar-refractivity contribution in [2.45, 2.75) is 51.6 Å². The van der Waals surface area contributed by atoms with Crippen LogP contribution in [0.15, 0.2) is 0 Å². The Labute approximate surface area is 113 Å². The van der Waals surface area contributed by atoms with E-state index in [4.69, 9.17) is 9.84 Å². The summed E-state index contributed by atoms with van der Waals surface area (Å²) in [6.45, 7) is 3.62. The first-order valence-corrected chi connectivity index (χ1v) is 7.14. The van der Waals surface area contributed by atoms with E-state index < -0.39 is 11.4 Å². The van der Waals surface area contributed by atoms with Crippen LogP contribution in [0.5, 0.6) is 0 Å². The Kier molecular flexibility index (Phi) is 4.45. The first-order chi connectivity index (χ1) is 9.01. The van der Waals surface area contributed by atoms with E-state index in [0.29, 0.717) is 32.4 Å². The Balaban J connectivity index is 1.80. The van der Waals surface area contributed by atoms with E-state index in [9.17, 15) is 9.59 Å². The summed E-state index contributed by atoms with van der Waals surface area (Å²) in [4.78, 5) is 25.1. The van der Waals surface area contributed by atoms with Gasteiger partial charge in [0.2, 0.25) is 5.91 Å². The van der Waals surface area contributed by atoms with Crippen LogP contribution in [-0.2, 0) is 14.3 Å². The van der Waals surface area contributed by atoms with Crippen LogP contribution >= 0.6 is 0 Å². The summed E-state index contributed by atoms with van der Waals surface area (Å²) in [5, 5.41) is 9.16. The van der Waals surface area contributed by atoms with Gasteiger partial charge in [-0.05, 0) is 39.0 Å². The van der Waals surface area contributed by atoms with Gasteiger partial charge in [-0.1, -0.05) is 0 Å². The molecular weight excluding hydrogens is 246 g/mol. The molecule has 5 nitrogen and oxygen atoms in total. The van der Waals surface area contributed by atoms with Gasteiger partial charge in [0.1, 0.15) is 0 Å². The SMILES string of the molecule is CC1(C(=O)O)CCN(C(=O)CC2CCCCO2)CC1. The van der Waals surface area contributed by atoms with Gasteiger partial charge in [0.15, 0.2) is 0 Å². The number of hydrogen-bond acceptors (Lipinski definition) is 3. The monoisotopic (exact) mass is 269 g/mol. The molecule has 19 heavy (non-hydrogen) atoms. The van der Waals surface area contributed by atoms with E-state index in [0.717, 1.165) is 25.9 Å². The number of amides is 1. The Morgan fingerprint density at radius 2 is 2.00 bits per heavy atom. The molecule has 1 N–H and O–H groups in total. The van der Waals surface area contributed by atoms with Crippen LogP contribution in [0, 0.1) is 5.41 Å². The smallest absolute Gasteiger partial charge is 0.309 e. The molecular formula is C14H23NO4. The molecule has 0 saturated carbocycles. The van der Waals surface area contributed by atoms with Gasteiger partial charge < -0.3 is 14.7 Å². The third-order valence-electron chi connectivity index (χ3n) is 4.41. The highest BCUT2D eigenvalue weighted by molar-refractivity contribution is 5.78. The first kappa shape index (κ1) is 14.3. The van der Waals surface area contributed by atoms with E-state index in [1.807, 2.05) is 0 Å². The second-order valence-electron chi connectivity index (χ2n) is 5.94. The van der Waals surface area contributed by atoms with Crippen LogP contribution in [0.3, 0.4) is 0 Å². The highest BCUT2D eigenvalue weighted by Crippen LogP contribution is 2.31. The predicted octanol–water partition coefficient (Wildman–Crippen LogP) is 1.66. The largest absolute Gasteiger partial charge is 0.481 e. The summed E-state index contributed by atoms with van der Waals surface area (Å²) in [5.74, 6) is -0.644. The number of carboxylic acids is 1. The second kappa shape index (κ2) is 5.90. The van der Waals surface area contributed by atoms with Gasteiger partial charge in [-0.3, -0.25) is 9.59 Å². The van der Waals surface area contributed by atoms with Crippen molar-refractivity contribution >= 4 is 11.9 Å². The van der Waals surface area contributed by atoms with E-state index in [-0.39, 0.29) is 12.0 Å². The molecule has 1 amide bonds. The van der Waals surface area contributed by atoms with E-state index in [1.165, 1.54) is 0 Å². The van der Waals surface area contributed by atoms with Crippen molar-refractivity contribution in [3.05, 3.63) is 0 Å². The van der Waals surface area contributed by atoms with Gasteiger partial charge in [-0.15, -0.1) is 0 Å². The van der Waals surface area contributed by atoms with Crippen molar-refractivity contribution in [1.82, 2.24) is 4.90 Å². The van der Waals surface area contributed by atoms with Gasteiger partial charge >= 0.3 is 5.97 Å². The van der Waals surface area contributed by atoms with Crippen molar-refractivity contribution in [1.29, 1.82) is 0 Å². The van der Waals surface area contributed by atoms with Crippen LogP contribution in [0.4, 0.5) is 0 Å². The minimum absolute atomic E-state index is 0.0639. The van der Waals surface area contributed by atoms with Crippen molar-refractivity contribution in [3.8, 4) is 0 Å². The van der Waals surface area contributed by atoms with Crippen LogP contribution < -0.4 is 0 Å². The number of hydrogen-bond donors (Lipinski definition) is 1. The average molecular weight is 269 g/mol. The summed E-state index contributed by atoms with van der Waals surface area (Å²) in [6.07, 6.45) is 4.78. The lowest BCUT2D eigenvalue weighted by Gasteiger charge is -2.37. The number of carbonyl (C=O) groups is 2. The summed E-state index contributed by atoms with van der Waals surface area (Å²) >= 11 is 0. The summed E-state index contributed by atoms with van der Waals surface area (Å²) in [5.41, 5.74) is -0.669. The molecule has 5 heteroatoms. The van der Waals surface area contributed by atoms with Crippen LogP contribution in [0.2, 0.25) is 0 Å². The topological polar surface area (TPSA) is 66.8 Å². The molecule has 0 radical (unpaired) electrons. The molecule has 0 aromatic carbocycles. The van der Waals surface area contributed by atoms with Gasteiger partial charge in [-0.25, -0.2) is 0 Å². The fourth-order valence-corrected chi connectivity index (χ4v) is 2.76. The summed E-state index contributed by atoms with van der Waals surface area (Å²) < 4.78 is 5.58. The zero-order valence-corrected chi connectivity index (χ0v) is 11.6. The molecule has 2 aliphatic rings. The fraction of sp³-hybridized carbons (Fsp3) is 0.857. The molecule has 108 valence electrons. The van der Waals surface area contributed by atoms with Gasteiger partial charge in [0.05, 0.1) is 17.9 Å². The molecule has 1 atom stereocenters. The molecule has 2 fully saturated rings. The lowest BCUT2D eigenvalue weighted by atomic mass is 9.80. The van der Waals surface area contributed by atoms with Crippen molar-refractivity contribution in [3.63, 3.8) is 0 Å². The first-order valence-electron chi connectivity index (χ1n) is 7.14. The van der Waals surface area contributed by atoms with Crippen molar-refractivity contribution in [2.75, 3.05) is 19.7 Å². The lowest BCUT2D eigenvalue weighted by Crippen LogP contribution is -2.46. The van der Waals surface area contributed by atoms with Gasteiger partial charge in [-0.2, -0.15) is 0 Å². The lowest BCUT2D eigenvalue weighted by molar-refractivity contribution is -0.153. The molecule has 0 spiro atoms. The molecule has 2 saturated heterocycles. The quantitative estimate of drug-likeness (QED) is 0.846. The number of ether oxygens (including phenoxy) is 1. The number of carboxylic acid groups (broad SMARTS) is 1. The maximum Gasteiger partial charge on any atom is 0.309 e. The van der Waals surface area contributed by atoms with Gasteiger partial charge in [0, 0.05) is 19.7 Å². The highest BCUT2D eigenvalue weighted by atomic mass is 16.5. The van der Waals surface area contributed by atoms with Crippen LogP contribution in [-0.4, -0.2) is 47.7 Å². The normalized spacial score (nSPS) is 27.0. The minimum Gasteiger partial charge on any atom is -0.481 e. The predicted molar refractivity (Wildman–Crippen MR) is 69.8 cm³/mol. The van der Waals surface area contributed by atoms with Crippen LogP contribution in [0.25, 0.3) is 0 Å². The second-order valence-corrected chi connectivity index (χ2v) is 5.94. The van der Waals surface area contributed by atoms with E-state index >= 15 is 0 Å². The number of rotatable bonds is 3. The molecule has 2 aliphatic heterocycles. The van der Waals surface area contributed by atoms with E-state index in [1.54, 1.807) is 11.8 Å². The van der Waals surface area contributed by atoms with Crippen LogP contribution in [0.1, 0.15) is 45.4 Å². The van der Waals surface area contributed by atoms with E-state index in [2.05, 4.69) is 0 Å². The summed E-state index contributed by atoms with van der Waals surface area (Å²) in [6, 6.07) is 0. The van der Waals surface area contributed by atoms with Gasteiger partial charge in [0.25, 0.3) is 0 Å². The zero-order valence-electron chi connectivity index (χ0n) is 11.6. The fourth-order valence-electron chi connectivity index (χ4n) is 2.76. The molecule has 0 bridgehead atoms. The number of piperidine rings is 1. The number of nitrogens with zero attached hydrogens (tertiary/aromatic N) is 1. The Morgan fingerprint density at radius 3 is 2.53 bits per heavy atom. The third kappa shape index (κ3) is 3.47. The zero-order chi connectivity index (χ0) is 13.9. The minimum atomic E-state index is -0.754. The molecule has 2 heterocycles. The number of likely N-dealkylation sites (tertiary alicyclic amines) is 1. The Bertz CT molecular complexity index is 341. The molecule has 0 aromatic heterocycles. The standard InChI is InChI=1S/C14H23NO4/c1-14(13(17)18)5-7-15(8-6-14)12(16)10-11-4-2-3-9-19-11/h11H,2-10H2,1H3,(H,17,18). The van der Waals surface area contributed by atoms with Crippen molar-refractivity contribution < 1.29 is 19.4 Å². The molecule has 0 aliphatic carbocycles. The third-order valence-corrected chi connectivity index (χ3v) is 4.41. The Morgan fingerprint density at radius 1 is 1.32 bits per heavy atom. The highest BCUT2D eigenvalue weighted by Gasteiger charge is 2.38. The number of carbonyl (C=O) groups excluding carboxylic acids is 1. The molecule has 0 aromatic rings. The molecule has 1 unspecified atom stereocenters. The molecule has 2 rings (SSSR count). The Hall–Kier alpha value is -1.10. The average Bonchev–Trinajstić information content (AvgIpc) is 2.40. The maximum absolute atomic E-state index is 12.1. The summed E-state index contributed by atoms with van der Waals surface area (Å²) in [7, 11) is 0. The number of aliphatic carboxylic acids is 1.